The highest BCUT2D eigenvalue weighted by atomic mass is 14.9. The third-order valence-electron chi connectivity index (χ3n) is 3.79. The van der Waals surface area contributed by atoms with E-state index < -0.39 is 0 Å². The maximum atomic E-state index is 4.56. The summed E-state index contributed by atoms with van der Waals surface area (Å²) in [6, 6.07) is 12.5. The van der Waals surface area contributed by atoms with Gasteiger partial charge in [0.25, 0.3) is 0 Å². The van der Waals surface area contributed by atoms with Crippen LogP contribution in [0.5, 0.6) is 0 Å². The quantitative estimate of drug-likeness (QED) is 0.614. The van der Waals surface area contributed by atoms with Crippen molar-refractivity contribution in [3.8, 4) is 0 Å². The normalized spacial score (nSPS) is 11.7. The van der Waals surface area contributed by atoms with Crippen LogP contribution in [0.1, 0.15) is 22.3 Å². The topological polar surface area (TPSA) is 36.8 Å². The molecule has 3 nitrogen and oxygen atoms in total. The van der Waals surface area contributed by atoms with Gasteiger partial charge in [-0.25, -0.2) is 0 Å². The third kappa shape index (κ3) is 4.86. The Morgan fingerprint density at radius 2 is 1.04 bits per heavy atom. The van der Waals surface area contributed by atoms with E-state index in [1.165, 1.54) is 22.3 Å². The molecule has 0 saturated carbocycles. The molecule has 0 unspecified atom stereocenters. The van der Waals surface area contributed by atoms with Gasteiger partial charge >= 0.3 is 0 Å². The molecule has 0 bridgehead atoms. The lowest BCUT2D eigenvalue weighted by atomic mass is 10.1. The maximum absolute atomic E-state index is 4.56. The Hall–Kier alpha value is -2.26. The van der Waals surface area contributed by atoms with E-state index in [0.717, 1.165) is 24.5 Å². The molecule has 0 saturated heterocycles. The summed E-state index contributed by atoms with van der Waals surface area (Å²) in [6.07, 6.45) is 3.84. The lowest BCUT2D eigenvalue weighted by molar-refractivity contribution is 0.904. The summed E-state index contributed by atoms with van der Waals surface area (Å²) in [6.45, 7) is 9.81. The van der Waals surface area contributed by atoms with Crippen molar-refractivity contribution in [2.75, 3.05) is 13.1 Å². The Balaban J connectivity index is 1.82. The average Bonchev–Trinajstić information content (AvgIpc) is 2.51. The molecule has 120 valence electrons. The molecule has 1 N–H and O–H groups in total. The fraction of sp³-hybridized carbons (Fsp3) is 0.300. The smallest absolute Gasteiger partial charge is 0.0684 e. The highest BCUT2D eigenvalue weighted by Gasteiger charge is 1.99. The van der Waals surface area contributed by atoms with Crippen LogP contribution in [0.3, 0.4) is 0 Å². The molecule has 0 aliphatic carbocycles. The Morgan fingerprint density at radius 1 is 0.696 bits per heavy atom. The average molecular weight is 307 g/mol. The van der Waals surface area contributed by atoms with Crippen molar-refractivity contribution in [3.63, 3.8) is 0 Å². The number of nitrogens with one attached hydrogen (secondary N) is 1. The van der Waals surface area contributed by atoms with Crippen LogP contribution >= 0.6 is 0 Å². The van der Waals surface area contributed by atoms with Gasteiger partial charge in [-0.15, -0.1) is 0 Å². The van der Waals surface area contributed by atoms with Crippen LogP contribution in [0, 0.1) is 27.7 Å². The standard InChI is InChI=1S/C20H25N3/c1-15-7-5-8-16(2)19(15)22-13-11-21-12-14-23-20-17(3)9-6-10-18(20)4/h5-10,13-14,21H,11-12H2,1-4H3. The number of nitrogens with zero attached hydrogens (tertiary/aromatic N) is 2. The monoisotopic (exact) mass is 307 g/mol. The van der Waals surface area contributed by atoms with Crippen molar-refractivity contribution in [1.82, 2.24) is 5.32 Å². The predicted octanol–water partition coefficient (Wildman–Crippen LogP) is 4.61. The number of hydrogen-bond donors (Lipinski definition) is 1. The van der Waals surface area contributed by atoms with Crippen LogP contribution < -0.4 is 5.32 Å². The van der Waals surface area contributed by atoms with Crippen LogP contribution in [0.4, 0.5) is 11.4 Å². The molecular weight excluding hydrogens is 282 g/mol. The van der Waals surface area contributed by atoms with E-state index in [0.29, 0.717) is 0 Å². The van der Waals surface area contributed by atoms with Gasteiger partial charge in [-0.3, -0.25) is 9.98 Å². The van der Waals surface area contributed by atoms with Crippen LogP contribution in [0.25, 0.3) is 0 Å². The second kappa shape index (κ2) is 8.39. The van der Waals surface area contributed by atoms with Gasteiger partial charge in [0.15, 0.2) is 0 Å². The van der Waals surface area contributed by atoms with Gasteiger partial charge in [-0.1, -0.05) is 36.4 Å². The molecule has 0 aliphatic heterocycles. The molecule has 0 aliphatic rings. The van der Waals surface area contributed by atoms with Crippen LogP contribution in [0.2, 0.25) is 0 Å². The maximum Gasteiger partial charge on any atom is 0.0684 e. The first-order valence-electron chi connectivity index (χ1n) is 7.98. The fourth-order valence-corrected chi connectivity index (χ4v) is 2.50. The highest BCUT2D eigenvalue weighted by molar-refractivity contribution is 5.70. The molecule has 0 heterocycles. The number of hydrogen-bond acceptors (Lipinski definition) is 3. The molecular formula is C20H25N3. The molecule has 23 heavy (non-hydrogen) atoms. The Labute approximate surface area is 139 Å². The SMILES string of the molecule is Cc1cccc(C)c1N=CCNCC=Nc1c(C)cccc1C. The number of rotatable bonds is 6. The summed E-state index contributed by atoms with van der Waals surface area (Å²) in [7, 11) is 0. The molecule has 2 rings (SSSR count). The van der Waals surface area contributed by atoms with E-state index in [9.17, 15) is 0 Å². The number of aliphatic imine (C=N–C) groups is 2. The molecule has 2 aromatic rings. The van der Waals surface area contributed by atoms with Crippen molar-refractivity contribution in [1.29, 1.82) is 0 Å². The number of aryl methyl sites for hydroxylation is 4. The Morgan fingerprint density at radius 3 is 1.39 bits per heavy atom. The van der Waals surface area contributed by atoms with E-state index >= 15 is 0 Å². The second-order valence-electron chi connectivity index (χ2n) is 5.76. The van der Waals surface area contributed by atoms with Gasteiger partial charge in [0.05, 0.1) is 11.4 Å². The lowest BCUT2D eigenvalue weighted by Gasteiger charge is -2.04. The summed E-state index contributed by atoms with van der Waals surface area (Å²) < 4.78 is 0. The van der Waals surface area contributed by atoms with E-state index in [-0.39, 0.29) is 0 Å². The molecule has 3 heteroatoms. The summed E-state index contributed by atoms with van der Waals surface area (Å²) in [5.74, 6) is 0. The van der Waals surface area contributed by atoms with E-state index in [2.05, 4.69) is 79.4 Å². The highest BCUT2D eigenvalue weighted by Crippen LogP contribution is 2.22. The zero-order valence-corrected chi connectivity index (χ0v) is 14.4. The van der Waals surface area contributed by atoms with Gasteiger partial charge < -0.3 is 5.32 Å². The zero-order chi connectivity index (χ0) is 16.7. The van der Waals surface area contributed by atoms with Gasteiger partial charge in [0, 0.05) is 25.5 Å². The first kappa shape index (κ1) is 17.1. The Bertz CT molecular complexity index is 613. The van der Waals surface area contributed by atoms with Gasteiger partial charge in [-0.2, -0.15) is 0 Å². The zero-order valence-electron chi connectivity index (χ0n) is 14.4. The summed E-state index contributed by atoms with van der Waals surface area (Å²) >= 11 is 0. The molecule has 0 atom stereocenters. The minimum Gasteiger partial charge on any atom is -0.307 e. The summed E-state index contributed by atoms with van der Waals surface area (Å²) in [5.41, 5.74) is 6.96. The molecule has 0 aromatic heterocycles. The molecule has 0 fully saturated rings. The molecule has 2 aromatic carbocycles. The minimum absolute atomic E-state index is 0.729. The van der Waals surface area contributed by atoms with E-state index in [1.54, 1.807) is 0 Å². The van der Waals surface area contributed by atoms with E-state index in [1.807, 2.05) is 12.4 Å². The molecule has 0 spiro atoms. The minimum atomic E-state index is 0.729. The third-order valence-corrected chi connectivity index (χ3v) is 3.79. The Kier molecular flexibility index (Phi) is 6.24. The lowest BCUT2D eigenvalue weighted by Crippen LogP contribution is -2.18. The van der Waals surface area contributed by atoms with Crippen LogP contribution in [0.15, 0.2) is 46.4 Å². The van der Waals surface area contributed by atoms with Gasteiger partial charge in [0.1, 0.15) is 0 Å². The summed E-state index contributed by atoms with van der Waals surface area (Å²) in [4.78, 5) is 9.11. The van der Waals surface area contributed by atoms with E-state index in [4.69, 9.17) is 0 Å². The van der Waals surface area contributed by atoms with Crippen molar-refractivity contribution < 1.29 is 0 Å². The van der Waals surface area contributed by atoms with Crippen molar-refractivity contribution in [2.24, 2.45) is 9.98 Å². The number of benzene rings is 2. The fourth-order valence-electron chi connectivity index (χ4n) is 2.50. The molecule has 0 amide bonds. The van der Waals surface area contributed by atoms with Crippen LogP contribution in [-0.4, -0.2) is 25.5 Å². The van der Waals surface area contributed by atoms with Gasteiger partial charge in [-0.05, 0) is 49.9 Å². The summed E-state index contributed by atoms with van der Waals surface area (Å²) in [5, 5.41) is 3.31. The largest absolute Gasteiger partial charge is 0.307 e. The van der Waals surface area contributed by atoms with Crippen molar-refractivity contribution in [2.45, 2.75) is 27.7 Å². The van der Waals surface area contributed by atoms with Crippen LogP contribution in [-0.2, 0) is 0 Å². The second-order valence-corrected chi connectivity index (χ2v) is 5.76. The molecule has 0 radical (unpaired) electrons. The van der Waals surface area contributed by atoms with Crippen molar-refractivity contribution >= 4 is 23.8 Å². The number of para-hydroxylation sites is 2. The predicted molar refractivity (Wildman–Crippen MR) is 101 cm³/mol. The van der Waals surface area contributed by atoms with Crippen molar-refractivity contribution in [3.05, 3.63) is 58.7 Å². The first-order chi connectivity index (χ1) is 11.1. The van der Waals surface area contributed by atoms with Gasteiger partial charge in [0.2, 0.25) is 0 Å². The first-order valence-corrected chi connectivity index (χ1v) is 7.98.